The van der Waals surface area contributed by atoms with Crippen LogP contribution in [0.15, 0.2) is 54.6 Å². The summed E-state index contributed by atoms with van der Waals surface area (Å²) in [6.07, 6.45) is 4.06. The third-order valence-corrected chi connectivity index (χ3v) is 6.16. The zero-order chi connectivity index (χ0) is 25.3. The third-order valence-electron chi connectivity index (χ3n) is 6.16. The van der Waals surface area contributed by atoms with Crippen LogP contribution in [0.1, 0.15) is 45.1 Å². The Morgan fingerprint density at radius 1 is 0.889 bits per heavy atom. The molecular weight excluding hydrogens is 462 g/mol. The molecule has 0 amide bonds. The van der Waals surface area contributed by atoms with Crippen molar-refractivity contribution in [3.05, 3.63) is 71.8 Å². The molecule has 0 spiro atoms. The Hall–Kier alpha value is -3.19. The highest BCUT2D eigenvalue weighted by molar-refractivity contribution is 5.72. The third kappa shape index (κ3) is 6.52. The lowest BCUT2D eigenvalue weighted by atomic mass is 10.0. The highest BCUT2D eigenvalue weighted by atomic mass is 19.1. The van der Waals surface area contributed by atoms with Crippen LogP contribution in [0.2, 0.25) is 0 Å². The standard InChI is InChI=1S/C29H34F2N2O3/c1-3-5-14-34-23-18-33(19-23)22-16-25(30)28(26(31)17-22)24-12-13-27(35-15-6-4-2)32-29(24)36-20-21-10-8-7-9-11-21/h7-13,16-17,23H,3-6,14-15,18-20H2,1-2H3. The number of unbranched alkanes of at least 4 members (excludes halogenated alkanes) is 2. The minimum absolute atomic E-state index is 0.102. The van der Waals surface area contributed by atoms with Crippen LogP contribution in [0.5, 0.6) is 11.8 Å². The first kappa shape index (κ1) is 25.9. The Morgan fingerprint density at radius 3 is 2.28 bits per heavy atom. The minimum atomic E-state index is -0.661. The molecule has 4 rings (SSSR count). The van der Waals surface area contributed by atoms with Gasteiger partial charge in [0, 0.05) is 31.5 Å². The van der Waals surface area contributed by atoms with E-state index in [9.17, 15) is 0 Å². The molecule has 1 aliphatic heterocycles. The van der Waals surface area contributed by atoms with E-state index >= 15 is 8.78 Å². The molecule has 2 aromatic carbocycles. The summed E-state index contributed by atoms with van der Waals surface area (Å²) in [5.41, 5.74) is 1.51. The molecule has 1 fully saturated rings. The summed E-state index contributed by atoms with van der Waals surface area (Å²) in [6, 6.07) is 15.5. The van der Waals surface area contributed by atoms with Crippen LogP contribution in [0, 0.1) is 11.6 Å². The first-order chi connectivity index (χ1) is 17.6. The van der Waals surface area contributed by atoms with Crippen LogP contribution >= 0.6 is 0 Å². The summed E-state index contributed by atoms with van der Waals surface area (Å²) in [5.74, 6) is -0.827. The van der Waals surface area contributed by atoms with E-state index in [1.165, 1.54) is 12.1 Å². The monoisotopic (exact) mass is 496 g/mol. The molecule has 0 atom stereocenters. The summed E-state index contributed by atoms with van der Waals surface area (Å²) in [4.78, 5) is 6.36. The number of pyridine rings is 1. The highest BCUT2D eigenvalue weighted by Crippen LogP contribution is 2.37. The molecule has 0 radical (unpaired) electrons. The Morgan fingerprint density at radius 2 is 1.58 bits per heavy atom. The Kier molecular flexibility index (Phi) is 9.11. The molecule has 0 bridgehead atoms. The van der Waals surface area contributed by atoms with Gasteiger partial charge in [0.15, 0.2) is 0 Å². The van der Waals surface area contributed by atoms with Crippen molar-refractivity contribution in [1.82, 2.24) is 4.98 Å². The molecule has 3 aromatic rings. The molecular formula is C29H34F2N2O3. The highest BCUT2D eigenvalue weighted by Gasteiger charge is 2.29. The van der Waals surface area contributed by atoms with Crippen molar-refractivity contribution in [3.8, 4) is 22.9 Å². The molecule has 1 saturated heterocycles. The molecule has 1 aromatic heterocycles. The van der Waals surface area contributed by atoms with E-state index in [1.807, 2.05) is 35.2 Å². The number of benzene rings is 2. The molecule has 7 heteroatoms. The van der Waals surface area contributed by atoms with Crippen molar-refractivity contribution >= 4 is 5.69 Å². The topological polar surface area (TPSA) is 43.8 Å². The van der Waals surface area contributed by atoms with E-state index < -0.39 is 11.6 Å². The summed E-state index contributed by atoms with van der Waals surface area (Å²) in [5, 5.41) is 0. The SMILES string of the molecule is CCCCOc1ccc(-c2c(F)cc(N3CC(OCCCC)C3)cc2F)c(OCc2ccccc2)n1. The average molecular weight is 497 g/mol. The van der Waals surface area contributed by atoms with E-state index in [4.69, 9.17) is 14.2 Å². The Bertz CT molecular complexity index is 1100. The second kappa shape index (κ2) is 12.7. The molecule has 5 nitrogen and oxygen atoms in total. The van der Waals surface area contributed by atoms with Crippen LogP contribution in [0.4, 0.5) is 14.5 Å². The van der Waals surface area contributed by atoms with Gasteiger partial charge in [-0.1, -0.05) is 57.0 Å². The maximum absolute atomic E-state index is 15.3. The second-order valence-electron chi connectivity index (χ2n) is 9.01. The summed E-state index contributed by atoms with van der Waals surface area (Å²) in [7, 11) is 0. The van der Waals surface area contributed by atoms with E-state index in [-0.39, 0.29) is 29.7 Å². The molecule has 192 valence electrons. The first-order valence-corrected chi connectivity index (χ1v) is 12.8. The van der Waals surface area contributed by atoms with E-state index in [0.717, 1.165) is 31.2 Å². The number of nitrogens with zero attached hydrogens (tertiary/aromatic N) is 2. The van der Waals surface area contributed by atoms with Gasteiger partial charge in [0.2, 0.25) is 11.8 Å². The van der Waals surface area contributed by atoms with E-state index in [0.29, 0.717) is 37.9 Å². The van der Waals surface area contributed by atoms with Gasteiger partial charge in [-0.2, -0.15) is 4.98 Å². The fraction of sp³-hybridized carbons (Fsp3) is 0.414. The molecule has 1 aliphatic rings. The van der Waals surface area contributed by atoms with Crippen molar-refractivity contribution in [2.45, 2.75) is 52.2 Å². The van der Waals surface area contributed by atoms with Crippen molar-refractivity contribution in [2.75, 3.05) is 31.2 Å². The van der Waals surface area contributed by atoms with Crippen molar-refractivity contribution in [3.63, 3.8) is 0 Å². The largest absolute Gasteiger partial charge is 0.478 e. The fourth-order valence-electron chi connectivity index (χ4n) is 4.00. The van der Waals surface area contributed by atoms with Gasteiger partial charge >= 0.3 is 0 Å². The van der Waals surface area contributed by atoms with E-state index in [2.05, 4.69) is 18.8 Å². The van der Waals surface area contributed by atoms with Crippen LogP contribution in [-0.2, 0) is 11.3 Å². The Balaban J connectivity index is 1.55. The summed E-state index contributed by atoms with van der Waals surface area (Å²) in [6.45, 7) is 6.88. The molecule has 36 heavy (non-hydrogen) atoms. The maximum Gasteiger partial charge on any atom is 0.225 e. The molecule has 2 heterocycles. The molecule has 0 saturated carbocycles. The van der Waals surface area contributed by atoms with Gasteiger partial charge in [-0.3, -0.25) is 0 Å². The number of rotatable bonds is 13. The predicted octanol–water partition coefficient (Wildman–Crippen LogP) is 6.79. The van der Waals surface area contributed by atoms with Gasteiger partial charge in [0.05, 0.1) is 23.8 Å². The van der Waals surface area contributed by atoms with Crippen LogP contribution in [0.25, 0.3) is 11.1 Å². The lowest BCUT2D eigenvalue weighted by molar-refractivity contribution is 0.0327. The second-order valence-corrected chi connectivity index (χ2v) is 9.01. The Labute approximate surface area is 212 Å². The number of ether oxygens (including phenoxy) is 3. The molecule has 0 N–H and O–H groups in total. The quantitative estimate of drug-likeness (QED) is 0.244. The predicted molar refractivity (Wildman–Crippen MR) is 138 cm³/mol. The van der Waals surface area contributed by atoms with Crippen molar-refractivity contribution in [1.29, 1.82) is 0 Å². The lowest BCUT2D eigenvalue weighted by Crippen LogP contribution is -2.52. The zero-order valence-electron chi connectivity index (χ0n) is 21.0. The lowest BCUT2D eigenvalue weighted by Gasteiger charge is -2.40. The molecule has 0 aliphatic carbocycles. The van der Waals surface area contributed by atoms with Crippen LogP contribution < -0.4 is 14.4 Å². The number of hydrogen-bond donors (Lipinski definition) is 0. The summed E-state index contributed by atoms with van der Waals surface area (Å²) < 4.78 is 48.1. The number of hydrogen-bond acceptors (Lipinski definition) is 5. The number of anilines is 1. The maximum atomic E-state index is 15.3. The van der Waals surface area contributed by atoms with Crippen molar-refractivity contribution < 1.29 is 23.0 Å². The van der Waals surface area contributed by atoms with Gasteiger partial charge < -0.3 is 19.1 Å². The zero-order valence-corrected chi connectivity index (χ0v) is 21.0. The molecule has 0 unspecified atom stereocenters. The normalized spacial score (nSPS) is 13.5. The summed E-state index contributed by atoms with van der Waals surface area (Å²) >= 11 is 0. The van der Waals surface area contributed by atoms with Gasteiger partial charge in [-0.25, -0.2) is 8.78 Å². The number of halogens is 2. The van der Waals surface area contributed by atoms with Gasteiger partial charge in [-0.05, 0) is 36.6 Å². The van der Waals surface area contributed by atoms with Crippen LogP contribution in [0.3, 0.4) is 0 Å². The van der Waals surface area contributed by atoms with Gasteiger partial charge in [-0.15, -0.1) is 0 Å². The van der Waals surface area contributed by atoms with Crippen molar-refractivity contribution in [2.24, 2.45) is 0 Å². The minimum Gasteiger partial charge on any atom is -0.478 e. The van der Waals surface area contributed by atoms with Gasteiger partial charge in [0.1, 0.15) is 18.2 Å². The first-order valence-electron chi connectivity index (χ1n) is 12.8. The van der Waals surface area contributed by atoms with E-state index in [1.54, 1.807) is 12.1 Å². The number of aromatic nitrogens is 1. The average Bonchev–Trinajstić information content (AvgIpc) is 2.85. The van der Waals surface area contributed by atoms with Crippen LogP contribution in [-0.4, -0.2) is 37.4 Å². The smallest absolute Gasteiger partial charge is 0.225 e. The van der Waals surface area contributed by atoms with Gasteiger partial charge in [0.25, 0.3) is 0 Å². The fourth-order valence-corrected chi connectivity index (χ4v) is 4.00.